The SMILES string of the molecule is CCOc1ccc2c(=O)cc(SCC)oc2c1. The van der Waals surface area contributed by atoms with E-state index in [0.29, 0.717) is 22.7 Å². The molecule has 2 rings (SSSR count). The minimum atomic E-state index is -0.00903. The quantitative estimate of drug-likeness (QED) is 0.780. The molecule has 0 radical (unpaired) electrons. The molecule has 0 N–H and O–H groups in total. The number of rotatable bonds is 4. The zero-order valence-electron chi connectivity index (χ0n) is 9.86. The van der Waals surface area contributed by atoms with Crippen molar-refractivity contribution in [1.82, 2.24) is 0 Å². The molecule has 0 bridgehead atoms. The van der Waals surface area contributed by atoms with Crippen molar-refractivity contribution in [2.24, 2.45) is 0 Å². The van der Waals surface area contributed by atoms with Crippen LogP contribution < -0.4 is 10.2 Å². The Balaban J connectivity index is 2.54. The Morgan fingerprint density at radius 2 is 2.12 bits per heavy atom. The van der Waals surface area contributed by atoms with Crippen LogP contribution >= 0.6 is 11.8 Å². The summed E-state index contributed by atoms with van der Waals surface area (Å²) in [6.45, 7) is 4.54. The maximum atomic E-state index is 11.8. The fourth-order valence-corrected chi connectivity index (χ4v) is 2.21. The van der Waals surface area contributed by atoms with E-state index in [0.717, 1.165) is 11.5 Å². The first-order valence-corrected chi connectivity index (χ1v) is 6.56. The van der Waals surface area contributed by atoms with Crippen molar-refractivity contribution in [3.05, 3.63) is 34.5 Å². The molecule has 3 nitrogen and oxygen atoms in total. The van der Waals surface area contributed by atoms with E-state index in [1.807, 2.05) is 13.8 Å². The maximum Gasteiger partial charge on any atom is 0.193 e. The molecule has 0 saturated carbocycles. The summed E-state index contributed by atoms with van der Waals surface area (Å²) < 4.78 is 11.0. The van der Waals surface area contributed by atoms with Crippen molar-refractivity contribution < 1.29 is 9.15 Å². The van der Waals surface area contributed by atoms with Crippen molar-refractivity contribution in [2.75, 3.05) is 12.4 Å². The van der Waals surface area contributed by atoms with Crippen LogP contribution in [0.4, 0.5) is 0 Å². The molecule has 0 saturated heterocycles. The smallest absolute Gasteiger partial charge is 0.193 e. The van der Waals surface area contributed by atoms with Crippen molar-refractivity contribution in [3.63, 3.8) is 0 Å². The third kappa shape index (κ3) is 2.64. The summed E-state index contributed by atoms with van der Waals surface area (Å²) in [6.07, 6.45) is 0. The largest absolute Gasteiger partial charge is 0.494 e. The number of hydrogen-bond donors (Lipinski definition) is 0. The van der Waals surface area contributed by atoms with E-state index in [-0.39, 0.29) is 5.43 Å². The standard InChI is InChI=1S/C13H14O3S/c1-3-15-9-5-6-10-11(14)8-13(17-4-2)16-12(10)7-9/h5-8H,3-4H2,1-2H3. The second-order valence-corrected chi connectivity index (χ2v) is 4.72. The number of fused-ring (bicyclic) bond motifs is 1. The summed E-state index contributed by atoms with van der Waals surface area (Å²) in [7, 11) is 0. The average Bonchev–Trinajstić information content (AvgIpc) is 2.29. The zero-order valence-corrected chi connectivity index (χ0v) is 10.7. The monoisotopic (exact) mass is 250 g/mol. The lowest BCUT2D eigenvalue weighted by Gasteiger charge is -2.05. The molecule has 1 aromatic heterocycles. The van der Waals surface area contributed by atoms with Crippen LogP contribution in [0.2, 0.25) is 0 Å². The van der Waals surface area contributed by atoms with Crippen molar-refractivity contribution in [1.29, 1.82) is 0 Å². The number of hydrogen-bond acceptors (Lipinski definition) is 4. The van der Waals surface area contributed by atoms with Gasteiger partial charge in [0.2, 0.25) is 0 Å². The molecule has 0 fully saturated rings. The summed E-state index contributed by atoms with van der Waals surface area (Å²) in [5.41, 5.74) is 0.574. The van der Waals surface area contributed by atoms with Gasteiger partial charge >= 0.3 is 0 Å². The molecule has 1 heterocycles. The second kappa shape index (κ2) is 5.27. The molecule has 17 heavy (non-hydrogen) atoms. The van der Waals surface area contributed by atoms with Crippen LogP contribution in [0.25, 0.3) is 11.0 Å². The molecule has 0 amide bonds. The average molecular weight is 250 g/mol. The van der Waals surface area contributed by atoms with Gasteiger partial charge in [0.25, 0.3) is 0 Å². The van der Waals surface area contributed by atoms with Crippen LogP contribution in [-0.2, 0) is 0 Å². The second-order valence-electron chi connectivity index (χ2n) is 3.45. The third-order valence-corrected chi connectivity index (χ3v) is 3.05. The van der Waals surface area contributed by atoms with Gasteiger partial charge in [-0.05, 0) is 24.8 Å². The van der Waals surface area contributed by atoms with E-state index in [1.165, 1.54) is 17.8 Å². The number of ether oxygens (including phenoxy) is 1. The van der Waals surface area contributed by atoms with Crippen LogP contribution in [0.5, 0.6) is 5.75 Å². The predicted octanol–water partition coefficient (Wildman–Crippen LogP) is 3.30. The molecular formula is C13H14O3S. The number of thioether (sulfide) groups is 1. The third-order valence-electron chi connectivity index (χ3n) is 2.28. The molecule has 0 aliphatic heterocycles. The van der Waals surface area contributed by atoms with E-state index in [2.05, 4.69) is 0 Å². The van der Waals surface area contributed by atoms with E-state index < -0.39 is 0 Å². The van der Waals surface area contributed by atoms with Crippen LogP contribution in [0.3, 0.4) is 0 Å². The molecule has 0 unspecified atom stereocenters. The Morgan fingerprint density at radius 3 is 2.82 bits per heavy atom. The lowest BCUT2D eigenvalue weighted by Crippen LogP contribution is -2.00. The Labute approximate surface area is 104 Å². The summed E-state index contributed by atoms with van der Waals surface area (Å²) in [5.74, 6) is 1.60. The van der Waals surface area contributed by atoms with Gasteiger partial charge in [-0.1, -0.05) is 18.7 Å². The molecule has 0 spiro atoms. The minimum absolute atomic E-state index is 0.00903. The van der Waals surface area contributed by atoms with Gasteiger partial charge in [-0.15, -0.1) is 0 Å². The minimum Gasteiger partial charge on any atom is -0.494 e. The summed E-state index contributed by atoms with van der Waals surface area (Å²) in [4.78, 5) is 11.8. The maximum absolute atomic E-state index is 11.8. The predicted molar refractivity (Wildman–Crippen MR) is 70.1 cm³/mol. The Morgan fingerprint density at radius 1 is 1.29 bits per heavy atom. The normalized spacial score (nSPS) is 10.7. The van der Waals surface area contributed by atoms with Gasteiger partial charge < -0.3 is 9.15 Å². The van der Waals surface area contributed by atoms with Gasteiger partial charge in [0.15, 0.2) is 10.5 Å². The Bertz CT molecular complexity index is 569. The fraction of sp³-hybridized carbons (Fsp3) is 0.308. The van der Waals surface area contributed by atoms with Crippen LogP contribution in [0.15, 0.2) is 38.6 Å². The van der Waals surface area contributed by atoms with Gasteiger partial charge in [0.1, 0.15) is 11.3 Å². The van der Waals surface area contributed by atoms with Gasteiger partial charge in [0, 0.05) is 12.1 Å². The first kappa shape index (κ1) is 12.0. The zero-order chi connectivity index (χ0) is 12.3. The van der Waals surface area contributed by atoms with E-state index in [1.54, 1.807) is 18.2 Å². The van der Waals surface area contributed by atoms with E-state index in [4.69, 9.17) is 9.15 Å². The molecule has 4 heteroatoms. The van der Waals surface area contributed by atoms with Crippen LogP contribution in [0.1, 0.15) is 13.8 Å². The van der Waals surface area contributed by atoms with Crippen LogP contribution in [-0.4, -0.2) is 12.4 Å². The fourth-order valence-electron chi connectivity index (χ4n) is 1.58. The van der Waals surface area contributed by atoms with Crippen molar-refractivity contribution >= 4 is 22.7 Å². The summed E-state index contributed by atoms with van der Waals surface area (Å²) in [5, 5.41) is 1.24. The van der Waals surface area contributed by atoms with Crippen molar-refractivity contribution in [2.45, 2.75) is 18.9 Å². The molecular weight excluding hydrogens is 236 g/mol. The lowest BCUT2D eigenvalue weighted by molar-refractivity contribution is 0.340. The molecule has 0 aliphatic carbocycles. The molecule has 2 aromatic rings. The van der Waals surface area contributed by atoms with E-state index >= 15 is 0 Å². The van der Waals surface area contributed by atoms with Gasteiger partial charge in [0.05, 0.1) is 12.0 Å². The van der Waals surface area contributed by atoms with E-state index in [9.17, 15) is 4.79 Å². The molecule has 1 aromatic carbocycles. The first-order valence-electron chi connectivity index (χ1n) is 5.58. The topological polar surface area (TPSA) is 39.4 Å². The van der Waals surface area contributed by atoms with Gasteiger partial charge in [-0.3, -0.25) is 4.79 Å². The Kier molecular flexibility index (Phi) is 3.74. The van der Waals surface area contributed by atoms with Crippen molar-refractivity contribution in [3.8, 4) is 5.75 Å². The highest BCUT2D eigenvalue weighted by atomic mass is 32.2. The highest BCUT2D eigenvalue weighted by Crippen LogP contribution is 2.23. The highest BCUT2D eigenvalue weighted by Gasteiger charge is 2.06. The summed E-state index contributed by atoms with van der Waals surface area (Å²) >= 11 is 1.52. The summed E-state index contributed by atoms with van der Waals surface area (Å²) in [6, 6.07) is 6.83. The molecule has 90 valence electrons. The number of benzene rings is 1. The highest BCUT2D eigenvalue weighted by molar-refractivity contribution is 7.99. The van der Waals surface area contributed by atoms with Crippen LogP contribution in [0, 0.1) is 0 Å². The Hall–Kier alpha value is -1.42. The molecule has 0 aliphatic rings. The first-order chi connectivity index (χ1) is 8.24. The van der Waals surface area contributed by atoms with Gasteiger partial charge in [-0.2, -0.15) is 0 Å². The molecule has 0 atom stereocenters. The van der Waals surface area contributed by atoms with Gasteiger partial charge in [-0.25, -0.2) is 0 Å². The lowest BCUT2D eigenvalue weighted by atomic mass is 10.2.